The van der Waals surface area contributed by atoms with Crippen LogP contribution in [-0.4, -0.2) is 38.1 Å². The largest absolute Gasteiger partial charge is 0.361 e. The molecule has 0 aliphatic carbocycles. The molecule has 1 saturated heterocycles. The highest BCUT2D eigenvalue weighted by molar-refractivity contribution is 6.76. The van der Waals surface area contributed by atoms with Crippen LogP contribution < -0.4 is 0 Å². The quantitative estimate of drug-likeness (QED) is 0.429. The average Bonchev–Trinajstić information content (AvgIpc) is 2.53. The van der Waals surface area contributed by atoms with Crippen molar-refractivity contribution in [1.29, 1.82) is 5.26 Å². The first-order valence-electron chi connectivity index (χ1n) is 8.34. The van der Waals surface area contributed by atoms with Crippen LogP contribution in [0.3, 0.4) is 0 Å². The molecule has 1 atom stereocenters. The van der Waals surface area contributed by atoms with E-state index in [-0.39, 0.29) is 25.0 Å². The second-order valence-corrected chi connectivity index (χ2v) is 13.5. The summed E-state index contributed by atoms with van der Waals surface area (Å²) in [7, 11) is -1.22. The average molecular weight is 379 g/mol. The Bertz CT molecular complexity index is 709. The van der Waals surface area contributed by atoms with Gasteiger partial charge in [0, 0.05) is 26.1 Å². The molecule has 0 spiro atoms. The van der Waals surface area contributed by atoms with Crippen LogP contribution in [0.4, 0.5) is 0 Å². The normalized spacial score (nSPS) is 18.4. The fraction of sp³-hybridized carbons (Fsp3) is 0.500. The lowest BCUT2D eigenvalue weighted by Crippen LogP contribution is -2.45. The lowest BCUT2D eigenvalue weighted by molar-refractivity contribution is -0.155. The summed E-state index contributed by atoms with van der Waals surface area (Å²) >= 11 is 6.23. The van der Waals surface area contributed by atoms with Crippen molar-refractivity contribution >= 4 is 31.5 Å². The molecule has 25 heavy (non-hydrogen) atoms. The highest BCUT2D eigenvalue weighted by Crippen LogP contribution is 2.33. The minimum absolute atomic E-state index is 0.00740. The maximum absolute atomic E-state index is 12.7. The Morgan fingerprint density at radius 1 is 1.36 bits per heavy atom. The summed E-state index contributed by atoms with van der Waals surface area (Å²) in [5.41, 5.74) is 1.10. The Morgan fingerprint density at radius 3 is 2.68 bits per heavy atom. The molecule has 0 bridgehead atoms. The molecule has 1 heterocycles. The van der Waals surface area contributed by atoms with Crippen molar-refractivity contribution in [1.82, 2.24) is 4.90 Å². The van der Waals surface area contributed by atoms with E-state index in [9.17, 15) is 9.59 Å². The Labute approximate surface area is 154 Å². The van der Waals surface area contributed by atoms with Crippen LogP contribution in [0.1, 0.15) is 29.9 Å². The molecule has 5 nitrogen and oxygen atoms in total. The summed E-state index contributed by atoms with van der Waals surface area (Å²) < 4.78 is 5.58. The molecule has 1 aliphatic heterocycles. The van der Waals surface area contributed by atoms with Gasteiger partial charge in [0.1, 0.15) is 6.73 Å². The fourth-order valence-corrected chi connectivity index (χ4v) is 3.74. The zero-order valence-corrected chi connectivity index (χ0v) is 16.6. The monoisotopic (exact) mass is 378 g/mol. The van der Waals surface area contributed by atoms with Crippen molar-refractivity contribution in [3.63, 3.8) is 0 Å². The third-order valence-electron chi connectivity index (χ3n) is 4.23. The Balaban J connectivity index is 2.07. The first-order chi connectivity index (χ1) is 11.7. The van der Waals surface area contributed by atoms with Crippen LogP contribution in [-0.2, 0) is 14.3 Å². The smallest absolute Gasteiger partial charge is 0.238 e. The van der Waals surface area contributed by atoms with Gasteiger partial charge in [0.2, 0.25) is 11.8 Å². The standard InChI is InChI=1S/C18H23ClN2O3Si/c1-25(2,3)9-8-24-12-21-17(22)7-6-15(18(21)23)14-5-4-13(11-20)10-16(14)19/h4-5,10,15H,6-9,12H2,1-3H3. The van der Waals surface area contributed by atoms with Crippen molar-refractivity contribution in [3.05, 3.63) is 34.3 Å². The Kier molecular flexibility index (Phi) is 6.39. The molecule has 1 fully saturated rings. The molecule has 0 radical (unpaired) electrons. The lowest BCUT2D eigenvalue weighted by atomic mass is 9.89. The van der Waals surface area contributed by atoms with Gasteiger partial charge in [0.25, 0.3) is 0 Å². The maximum atomic E-state index is 12.7. The zero-order valence-electron chi connectivity index (χ0n) is 14.8. The van der Waals surface area contributed by atoms with Gasteiger partial charge in [-0.2, -0.15) is 5.26 Å². The minimum Gasteiger partial charge on any atom is -0.361 e. The number of benzene rings is 1. The van der Waals surface area contributed by atoms with E-state index in [1.54, 1.807) is 18.2 Å². The number of hydrogen-bond acceptors (Lipinski definition) is 4. The number of hydrogen-bond donors (Lipinski definition) is 0. The van der Waals surface area contributed by atoms with Gasteiger partial charge in [-0.05, 0) is 30.2 Å². The van der Waals surface area contributed by atoms with Crippen LogP contribution >= 0.6 is 11.6 Å². The third kappa shape index (κ3) is 5.14. The van der Waals surface area contributed by atoms with Crippen LogP contribution in [0.15, 0.2) is 18.2 Å². The first kappa shape index (κ1) is 19.6. The lowest BCUT2D eigenvalue weighted by Gasteiger charge is -2.31. The van der Waals surface area contributed by atoms with E-state index in [2.05, 4.69) is 19.6 Å². The van der Waals surface area contributed by atoms with Gasteiger partial charge in [-0.3, -0.25) is 14.5 Å². The molecule has 2 rings (SSSR count). The van der Waals surface area contributed by atoms with E-state index in [1.807, 2.05) is 6.07 Å². The number of halogens is 1. The number of carbonyl (C=O) groups is 2. The predicted octanol–water partition coefficient (Wildman–Crippen LogP) is 3.76. The molecule has 0 saturated carbocycles. The molecule has 1 aromatic carbocycles. The highest BCUT2D eigenvalue weighted by atomic mass is 35.5. The zero-order chi connectivity index (χ0) is 18.6. The molecule has 1 aliphatic rings. The number of nitrogens with zero attached hydrogens (tertiary/aromatic N) is 2. The van der Waals surface area contributed by atoms with Crippen molar-refractivity contribution in [2.75, 3.05) is 13.3 Å². The first-order valence-corrected chi connectivity index (χ1v) is 12.4. The van der Waals surface area contributed by atoms with E-state index < -0.39 is 14.0 Å². The maximum Gasteiger partial charge on any atom is 0.238 e. The van der Waals surface area contributed by atoms with E-state index >= 15 is 0 Å². The van der Waals surface area contributed by atoms with E-state index in [1.165, 1.54) is 4.90 Å². The molecule has 0 N–H and O–H groups in total. The van der Waals surface area contributed by atoms with Gasteiger partial charge < -0.3 is 4.74 Å². The molecule has 2 amide bonds. The summed E-state index contributed by atoms with van der Waals surface area (Å²) in [5, 5.41) is 9.31. The topological polar surface area (TPSA) is 70.4 Å². The van der Waals surface area contributed by atoms with Gasteiger partial charge in [-0.15, -0.1) is 0 Å². The van der Waals surface area contributed by atoms with Crippen LogP contribution in [0.2, 0.25) is 30.7 Å². The van der Waals surface area contributed by atoms with E-state index in [4.69, 9.17) is 21.6 Å². The van der Waals surface area contributed by atoms with Gasteiger partial charge in [0.15, 0.2) is 0 Å². The molecule has 7 heteroatoms. The second kappa shape index (κ2) is 8.13. The molecule has 134 valence electrons. The van der Waals surface area contributed by atoms with Gasteiger partial charge in [-0.1, -0.05) is 37.3 Å². The Hall–Kier alpha value is -1.68. The van der Waals surface area contributed by atoms with E-state index in [0.29, 0.717) is 29.2 Å². The van der Waals surface area contributed by atoms with Crippen molar-refractivity contribution in [2.24, 2.45) is 0 Å². The number of nitriles is 1. The molecule has 1 unspecified atom stereocenters. The fourth-order valence-electron chi connectivity index (χ4n) is 2.67. The molecular formula is C18H23ClN2O3Si. The van der Waals surface area contributed by atoms with Crippen molar-refractivity contribution in [2.45, 2.75) is 44.4 Å². The number of carbonyl (C=O) groups excluding carboxylic acids is 2. The summed E-state index contributed by atoms with van der Waals surface area (Å²) in [6.07, 6.45) is 0.707. The van der Waals surface area contributed by atoms with E-state index in [0.717, 1.165) is 6.04 Å². The highest BCUT2D eigenvalue weighted by Gasteiger charge is 2.36. The summed E-state index contributed by atoms with van der Waals surface area (Å²) in [6, 6.07) is 7.89. The van der Waals surface area contributed by atoms with Crippen molar-refractivity contribution < 1.29 is 14.3 Å². The van der Waals surface area contributed by atoms with Crippen molar-refractivity contribution in [3.8, 4) is 6.07 Å². The summed E-state index contributed by atoms with van der Waals surface area (Å²) in [6.45, 7) is 7.28. The number of amides is 2. The van der Waals surface area contributed by atoms with Gasteiger partial charge in [0.05, 0.1) is 17.6 Å². The van der Waals surface area contributed by atoms with Crippen LogP contribution in [0.5, 0.6) is 0 Å². The van der Waals surface area contributed by atoms with Crippen LogP contribution in [0, 0.1) is 11.3 Å². The molecular weight excluding hydrogens is 356 g/mol. The Morgan fingerprint density at radius 2 is 2.08 bits per heavy atom. The van der Waals surface area contributed by atoms with Gasteiger partial charge >= 0.3 is 0 Å². The predicted molar refractivity (Wildman–Crippen MR) is 99.0 cm³/mol. The number of rotatable bonds is 6. The number of imide groups is 1. The number of ether oxygens (including phenoxy) is 1. The summed E-state index contributed by atoms with van der Waals surface area (Å²) in [4.78, 5) is 26.0. The summed E-state index contributed by atoms with van der Waals surface area (Å²) in [5.74, 6) is -0.964. The number of piperidine rings is 1. The number of likely N-dealkylation sites (tertiary alicyclic amines) is 1. The van der Waals surface area contributed by atoms with Crippen LogP contribution in [0.25, 0.3) is 0 Å². The minimum atomic E-state index is -1.22. The molecule has 1 aromatic rings. The third-order valence-corrected chi connectivity index (χ3v) is 6.27. The SMILES string of the molecule is C[Si](C)(C)CCOCN1C(=O)CCC(c2ccc(C#N)cc2Cl)C1=O. The van der Waals surface area contributed by atoms with Gasteiger partial charge in [-0.25, -0.2) is 0 Å². The second-order valence-electron chi connectivity index (χ2n) is 7.45. The molecule has 0 aromatic heterocycles.